The van der Waals surface area contributed by atoms with Gasteiger partial charge < -0.3 is 4.57 Å². The second kappa shape index (κ2) is 7.76. The fourth-order valence-corrected chi connectivity index (χ4v) is 2.71. The van der Waals surface area contributed by atoms with Crippen molar-refractivity contribution in [1.29, 1.82) is 0 Å². The quantitative estimate of drug-likeness (QED) is 0.559. The van der Waals surface area contributed by atoms with Crippen LogP contribution in [0.4, 0.5) is 0 Å². The topological polar surface area (TPSA) is 64.0 Å². The van der Waals surface area contributed by atoms with Crippen LogP contribution in [0.3, 0.4) is 0 Å². The predicted octanol–water partition coefficient (Wildman–Crippen LogP) is 1.98. The summed E-state index contributed by atoms with van der Waals surface area (Å²) in [6, 6.07) is 0. The summed E-state index contributed by atoms with van der Waals surface area (Å²) in [5.74, 6) is 0.667. The highest BCUT2D eigenvalue weighted by Crippen LogP contribution is 2.06. The molecule has 0 spiro atoms. The number of aromatic nitrogens is 2. The summed E-state index contributed by atoms with van der Waals surface area (Å²) in [7, 11) is -3.45. The Morgan fingerprint density at radius 3 is 2.67 bits per heavy atom. The van der Waals surface area contributed by atoms with E-state index in [1.807, 2.05) is 6.92 Å². The van der Waals surface area contributed by atoms with Crippen LogP contribution in [0.1, 0.15) is 32.6 Å². The van der Waals surface area contributed by atoms with Gasteiger partial charge in [0.25, 0.3) is 10.0 Å². The van der Waals surface area contributed by atoms with Gasteiger partial charge in [-0.1, -0.05) is 12.8 Å². The summed E-state index contributed by atoms with van der Waals surface area (Å²) in [4.78, 5) is 3.88. The van der Waals surface area contributed by atoms with E-state index in [0.717, 1.165) is 25.7 Å². The van der Waals surface area contributed by atoms with Gasteiger partial charge in [-0.05, 0) is 19.8 Å². The lowest BCUT2D eigenvalue weighted by molar-refractivity contribution is 0.570. The third-order valence-electron chi connectivity index (χ3n) is 2.60. The molecule has 1 rings (SSSR count). The standard InChI is InChI=1S/C11H20ClN3O2S/c1-2-15-9-11(13-10-15)18(16,17)14-8-6-4-3-5-7-12/h9-10,14H,2-8H2,1H3. The molecule has 0 radical (unpaired) electrons. The third-order valence-corrected chi connectivity index (χ3v) is 4.22. The van der Waals surface area contributed by atoms with Crippen molar-refractivity contribution in [3.8, 4) is 0 Å². The van der Waals surface area contributed by atoms with Crippen LogP contribution in [-0.4, -0.2) is 30.4 Å². The molecule has 0 aliphatic rings. The smallest absolute Gasteiger partial charge is 0.259 e. The molecule has 7 heteroatoms. The van der Waals surface area contributed by atoms with Crippen molar-refractivity contribution in [2.24, 2.45) is 0 Å². The van der Waals surface area contributed by atoms with Crippen LogP contribution in [0.5, 0.6) is 0 Å². The number of imidazole rings is 1. The highest BCUT2D eigenvalue weighted by molar-refractivity contribution is 7.89. The molecule has 1 N–H and O–H groups in total. The van der Waals surface area contributed by atoms with Crippen LogP contribution in [0.15, 0.2) is 17.6 Å². The normalized spacial score (nSPS) is 11.9. The van der Waals surface area contributed by atoms with E-state index < -0.39 is 10.0 Å². The van der Waals surface area contributed by atoms with Gasteiger partial charge in [-0.3, -0.25) is 0 Å². The lowest BCUT2D eigenvalue weighted by Gasteiger charge is -2.03. The van der Waals surface area contributed by atoms with Gasteiger partial charge >= 0.3 is 0 Å². The van der Waals surface area contributed by atoms with Crippen LogP contribution in [0, 0.1) is 0 Å². The van der Waals surface area contributed by atoms with Crippen LogP contribution >= 0.6 is 11.6 Å². The molecule has 0 aromatic carbocycles. The molecule has 0 bridgehead atoms. The van der Waals surface area contributed by atoms with Crippen molar-refractivity contribution in [3.63, 3.8) is 0 Å². The largest absolute Gasteiger partial charge is 0.336 e. The van der Waals surface area contributed by atoms with E-state index in [1.54, 1.807) is 4.57 Å². The zero-order valence-corrected chi connectivity index (χ0v) is 12.2. The summed E-state index contributed by atoms with van der Waals surface area (Å²) < 4.78 is 28.0. The summed E-state index contributed by atoms with van der Waals surface area (Å²) in [5.41, 5.74) is 0. The predicted molar refractivity (Wildman–Crippen MR) is 72.3 cm³/mol. The van der Waals surface area contributed by atoms with E-state index in [-0.39, 0.29) is 5.03 Å². The van der Waals surface area contributed by atoms with E-state index >= 15 is 0 Å². The number of halogens is 1. The Hall–Kier alpha value is -0.590. The molecule has 0 saturated heterocycles. The summed E-state index contributed by atoms with van der Waals surface area (Å²) in [6.07, 6.45) is 6.89. The van der Waals surface area contributed by atoms with Gasteiger partial charge in [0.1, 0.15) is 0 Å². The second-order valence-electron chi connectivity index (χ2n) is 4.04. The fraction of sp³-hybridized carbons (Fsp3) is 0.727. The molecule has 0 aliphatic carbocycles. The number of rotatable bonds is 9. The van der Waals surface area contributed by atoms with E-state index in [9.17, 15) is 8.42 Å². The Morgan fingerprint density at radius 2 is 2.06 bits per heavy atom. The lowest BCUT2D eigenvalue weighted by atomic mass is 10.2. The first-order chi connectivity index (χ1) is 8.60. The van der Waals surface area contributed by atoms with Gasteiger partial charge in [0.2, 0.25) is 0 Å². The highest BCUT2D eigenvalue weighted by atomic mass is 35.5. The molecule has 0 amide bonds. The van der Waals surface area contributed by atoms with Crippen molar-refractivity contribution < 1.29 is 8.42 Å². The zero-order chi connectivity index (χ0) is 13.4. The Balaban J connectivity index is 2.36. The van der Waals surface area contributed by atoms with E-state index in [0.29, 0.717) is 19.0 Å². The average molecular weight is 294 g/mol. The number of hydrogen-bond acceptors (Lipinski definition) is 3. The Bertz CT molecular complexity index is 445. The first-order valence-electron chi connectivity index (χ1n) is 6.17. The van der Waals surface area contributed by atoms with E-state index in [2.05, 4.69) is 9.71 Å². The van der Waals surface area contributed by atoms with Gasteiger partial charge in [-0.25, -0.2) is 18.1 Å². The van der Waals surface area contributed by atoms with Gasteiger partial charge in [-0.2, -0.15) is 0 Å². The molecule has 5 nitrogen and oxygen atoms in total. The van der Waals surface area contributed by atoms with Crippen molar-refractivity contribution in [2.45, 2.75) is 44.2 Å². The van der Waals surface area contributed by atoms with Gasteiger partial charge in [-0.15, -0.1) is 11.6 Å². The molecule has 0 unspecified atom stereocenters. The minimum Gasteiger partial charge on any atom is -0.336 e. The maximum absolute atomic E-state index is 11.8. The van der Waals surface area contributed by atoms with Crippen LogP contribution in [-0.2, 0) is 16.6 Å². The first-order valence-corrected chi connectivity index (χ1v) is 8.19. The Labute approximate surface area is 114 Å². The number of nitrogens with one attached hydrogen (secondary N) is 1. The van der Waals surface area contributed by atoms with Crippen molar-refractivity contribution in [3.05, 3.63) is 12.5 Å². The maximum Gasteiger partial charge on any atom is 0.259 e. The van der Waals surface area contributed by atoms with E-state index in [4.69, 9.17) is 11.6 Å². The summed E-state index contributed by atoms with van der Waals surface area (Å²) in [5, 5.41) is 0.0881. The molecule has 1 aromatic rings. The number of nitrogens with zero attached hydrogens (tertiary/aromatic N) is 2. The zero-order valence-electron chi connectivity index (χ0n) is 10.6. The number of hydrogen-bond donors (Lipinski definition) is 1. The van der Waals surface area contributed by atoms with Gasteiger partial charge in [0.15, 0.2) is 5.03 Å². The molecule has 0 fully saturated rings. The Kier molecular flexibility index (Phi) is 6.67. The van der Waals surface area contributed by atoms with Crippen LogP contribution in [0.25, 0.3) is 0 Å². The lowest BCUT2D eigenvalue weighted by Crippen LogP contribution is -2.25. The second-order valence-corrected chi connectivity index (χ2v) is 6.14. The number of alkyl halides is 1. The molecule has 18 heavy (non-hydrogen) atoms. The summed E-state index contributed by atoms with van der Waals surface area (Å²) >= 11 is 5.56. The third kappa shape index (κ3) is 4.96. The minimum atomic E-state index is -3.45. The maximum atomic E-state index is 11.8. The molecule has 1 aromatic heterocycles. The number of unbranched alkanes of at least 4 members (excludes halogenated alkanes) is 3. The SMILES string of the molecule is CCn1cnc(S(=O)(=O)NCCCCCCCl)c1. The molecule has 0 saturated carbocycles. The monoisotopic (exact) mass is 293 g/mol. The van der Waals surface area contributed by atoms with Crippen molar-refractivity contribution in [1.82, 2.24) is 14.3 Å². The minimum absolute atomic E-state index is 0.0881. The molecule has 104 valence electrons. The fourth-order valence-electron chi connectivity index (χ4n) is 1.50. The molecule has 1 heterocycles. The number of aryl methyl sites for hydroxylation is 1. The molecule has 0 atom stereocenters. The van der Waals surface area contributed by atoms with Crippen molar-refractivity contribution >= 4 is 21.6 Å². The molecule has 0 aliphatic heterocycles. The molecular formula is C11H20ClN3O2S. The van der Waals surface area contributed by atoms with Gasteiger partial charge in [0, 0.05) is 25.2 Å². The van der Waals surface area contributed by atoms with Gasteiger partial charge in [0.05, 0.1) is 6.33 Å². The summed E-state index contributed by atoms with van der Waals surface area (Å²) in [6.45, 7) is 3.09. The first kappa shape index (κ1) is 15.5. The van der Waals surface area contributed by atoms with Crippen molar-refractivity contribution in [2.75, 3.05) is 12.4 Å². The molecular weight excluding hydrogens is 274 g/mol. The van der Waals surface area contributed by atoms with Crippen LogP contribution in [0.2, 0.25) is 0 Å². The average Bonchev–Trinajstić information content (AvgIpc) is 2.83. The Morgan fingerprint density at radius 1 is 1.33 bits per heavy atom. The number of sulfonamides is 1. The van der Waals surface area contributed by atoms with E-state index in [1.165, 1.54) is 12.5 Å². The van der Waals surface area contributed by atoms with Crippen LogP contribution < -0.4 is 4.72 Å². The highest BCUT2D eigenvalue weighted by Gasteiger charge is 2.16.